The standard InChI is InChI=1S/C12H13NO3/c14-11-6-10(7-11)13-12(15)16-8-9-4-2-1-3-5-9/h1-5,10H,6-8H2,(H,13,15). The second-order valence-electron chi connectivity index (χ2n) is 3.85. The van der Waals surface area contributed by atoms with E-state index in [0.717, 1.165) is 5.56 Å². The van der Waals surface area contributed by atoms with Gasteiger partial charge in [0, 0.05) is 18.9 Å². The van der Waals surface area contributed by atoms with Gasteiger partial charge in [0.25, 0.3) is 0 Å². The van der Waals surface area contributed by atoms with E-state index < -0.39 is 6.09 Å². The van der Waals surface area contributed by atoms with E-state index in [4.69, 9.17) is 4.74 Å². The molecule has 0 radical (unpaired) electrons. The molecule has 1 saturated carbocycles. The van der Waals surface area contributed by atoms with Crippen LogP contribution in [0.4, 0.5) is 4.79 Å². The molecular formula is C12H13NO3. The maximum atomic E-state index is 11.3. The second-order valence-corrected chi connectivity index (χ2v) is 3.85. The molecule has 84 valence electrons. The Hall–Kier alpha value is -1.84. The van der Waals surface area contributed by atoms with Crippen molar-refractivity contribution in [1.82, 2.24) is 5.32 Å². The summed E-state index contributed by atoms with van der Waals surface area (Å²) < 4.78 is 5.01. The number of carbonyl (C=O) groups excluding carboxylic acids is 2. The third-order valence-electron chi connectivity index (χ3n) is 2.48. The summed E-state index contributed by atoms with van der Waals surface area (Å²) in [5.74, 6) is 0.188. The lowest BCUT2D eigenvalue weighted by atomic mass is 9.92. The Balaban J connectivity index is 1.70. The summed E-state index contributed by atoms with van der Waals surface area (Å²) >= 11 is 0. The third kappa shape index (κ3) is 2.82. The van der Waals surface area contributed by atoms with Crippen LogP contribution >= 0.6 is 0 Å². The highest BCUT2D eigenvalue weighted by Crippen LogP contribution is 2.14. The highest BCUT2D eigenvalue weighted by Gasteiger charge is 2.28. The van der Waals surface area contributed by atoms with Crippen molar-refractivity contribution in [2.24, 2.45) is 0 Å². The smallest absolute Gasteiger partial charge is 0.407 e. The van der Waals surface area contributed by atoms with E-state index in [2.05, 4.69) is 5.32 Å². The number of hydrogen-bond donors (Lipinski definition) is 1. The van der Waals surface area contributed by atoms with Gasteiger partial charge in [0.05, 0.1) is 0 Å². The maximum absolute atomic E-state index is 11.3. The van der Waals surface area contributed by atoms with E-state index >= 15 is 0 Å². The van der Waals surface area contributed by atoms with Crippen molar-refractivity contribution >= 4 is 11.9 Å². The summed E-state index contributed by atoms with van der Waals surface area (Å²) in [5, 5.41) is 2.64. The molecule has 1 amide bonds. The molecule has 0 heterocycles. The first-order chi connectivity index (χ1) is 7.74. The summed E-state index contributed by atoms with van der Waals surface area (Å²) in [6.45, 7) is 0.257. The second kappa shape index (κ2) is 4.79. The van der Waals surface area contributed by atoms with E-state index in [1.165, 1.54) is 0 Å². The first-order valence-corrected chi connectivity index (χ1v) is 5.23. The number of carbonyl (C=O) groups is 2. The lowest BCUT2D eigenvalue weighted by Gasteiger charge is -2.24. The predicted octanol–water partition coefficient (Wildman–Crippen LogP) is 1.64. The molecule has 2 rings (SSSR count). The molecule has 0 aliphatic heterocycles. The summed E-state index contributed by atoms with van der Waals surface area (Å²) in [4.78, 5) is 22.0. The summed E-state index contributed by atoms with van der Waals surface area (Å²) in [6.07, 6.45) is 0.405. The van der Waals surface area contributed by atoms with Gasteiger partial charge in [-0.2, -0.15) is 0 Å². The first kappa shape index (κ1) is 10.7. The number of hydrogen-bond acceptors (Lipinski definition) is 3. The molecule has 0 aromatic heterocycles. The number of ether oxygens (including phenoxy) is 1. The van der Waals surface area contributed by atoms with Crippen LogP contribution in [0.5, 0.6) is 0 Å². The van der Waals surface area contributed by atoms with E-state index in [1.807, 2.05) is 30.3 Å². The van der Waals surface area contributed by atoms with Crippen molar-refractivity contribution in [2.75, 3.05) is 0 Å². The topological polar surface area (TPSA) is 55.4 Å². The minimum atomic E-state index is -0.457. The number of benzene rings is 1. The van der Waals surface area contributed by atoms with Gasteiger partial charge in [-0.1, -0.05) is 30.3 Å². The molecule has 1 aliphatic rings. The highest BCUT2D eigenvalue weighted by atomic mass is 16.5. The maximum Gasteiger partial charge on any atom is 0.407 e. The number of amides is 1. The molecule has 4 heteroatoms. The Kier molecular flexibility index (Phi) is 3.19. The molecule has 1 N–H and O–H groups in total. The number of rotatable bonds is 3. The first-order valence-electron chi connectivity index (χ1n) is 5.23. The molecule has 0 saturated heterocycles. The highest BCUT2D eigenvalue weighted by molar-refractivity contribution is 5.87. The van der Waals surface area contributed by atoms with Crippen molar-refractivity contribution in [3.05, 3.63) is 35.9 Å². The van der Waals surface area contributed by atoms with Gasteiger partial charge < -0.3 is 10.1 Å². The van der Waals surface area contributed by atoms with Crippen LogP contribution in [0.25, 0.3) is 0 Å². The lowest BCUT2D eigenvalue weighted by Crippen LogP contribution is -2.44. The molecule has 16 heavy (non-hydrogen) atoms. The Morgan fingerprint density at radius 2 is 2.00 bits per heavy atom. The summed E-state index contributed by atoms with van der Waals surface area (Å²) in [5.41, 5.74) is 0.947. The number of alkyl carbamates (subject to hydrolysis) is 1. The molecule has 1 fully saturated rings. The number of Topliss-reactive ketones (excluding diaryl/α,β-unsaturated/α-hetero) is 1. The van der Waals surface area contributed by atoms with E-state index in [0.29, 0.717) is 12.8 Å². The zero-order valence-corrected chi connectivity index (χ0v) is 8.81. The molecule has 0 bridgehead atoms. The fraction of sp³-hybridized carbons (Fsp3) is 0.333. The van der Waals surface area contributed by atoms with Crippen LogP contribution in [0.1, 0.15) is 18.4 Å². The fourth-order valence-electron chi connectivity index (χ4n) is 1.52. The van der Waals surface area contributed by atoms with Crippen molar-refractivity contribution < 1.29 is 14.3 Å². The van der Waals surface area contributed by atoms with Crippen molar-refractivity contribution in [2.45, 2.75) is 25.5 Å². The Morgan fingerprint density at radius 3 is 2.62 bits per heavy atom. The molecule has 4 nitrogen and oxygen atoms in total. The average Bonchev–Trinajstić information content (AvgIpc) is 2.26. The van der Waals surface area contributed by atoms with Gasteiger partial charge in [0.2, 0.25) is 0 Å². The number of nitrogens with one attached hydrogen (secondary N) is 1. The lowest BCUT2D eigenvalue weighted by molar-refractivity contribution is -0.124. The SMILES string of the molecule is O=C1CC(NC(=O)OCc2ccccc2)C1. The third-order valence-corrected chi connectivity index (χ3v) is 2.48. The summed E-state index contributed by atoms with van der Waals surface area (Å²) in [7, 11) is 0. The van der Waals surface area contributed by atoms with Gasteiger partial charge in [-0.05, 0) is 5.56 Å². The van der Waals surface area contributed by atoms with Crippen LogP contribution in [0.2, 0.25) is 0 Å². The van der Waals surface area contributed by atoms with Crippen LogP contribution in [0.15, 0.2) is 30.3 Å². The van der Waals surface area contributed by atoms with E-state index in [9.17, 15) is 9.59 Å². The minimum Gasteiger partial charge on any atom is -0.445 e. The molecule has 0 atom stereocenters. The van der Waals surface area contributed by atoms with Gasteiger partial charge in [-0.25, -0.2) is 4.79 Å². The minimum absolute atomic E-state index is 0.0317. The monoisotopic (exact) mass is 219 g/mol. The van der Waals surface area contributed by atoms with Crippen molar-refractivity contribution in [3.8, 4) is 0 Å². The zero-order chi connectivity index (χ0) is 11.4. The molecule has 0 spiro atoms. The molecular weight excluding hydrogens is 206 g/mol. The van der Waals surface area contributed by atoms with Gasteiger partial charge in [-0.15, -0.1) is 0 Å². The molecule has 1 aromatic carbocycles. The predicted molar refractivity (Wildman–Crippen MR) is 57.8 cm³/mol. The van der Waals surface area contributed by atoms with Gasteiger partial charge >= 0.3 is 6.09 Å². The zero-order valence-electron chi connectivity index (χ0n) is 8.81. The van der Waals surface area contributed by atoms with Crippen LogP contribution in [0, 0.1) is 0 Å². The van der Waals surface area contributed by atoms with Crippen LogP contribution in [-0.4, -0.2) is 17.9 Å². The Bertz CT molecular complexity index is 381. The van der Waals surface area contributed by atoms with Gasteiger partial charge in [0.1, 0.15) is 12.4 Å². The molecule has 0 unspecified atom stereocenters. The summed E-state index contributed by atoms with van der Waals surface area (Å²) in [6, 6.07) is 9.43. The normalized spacial score (nSPS) is 15.4. The fourth-order valence-corrected chi connectivity index (χ4v) is 1.52. The van der Waals surface area contributed by atoms with Crippen molar-refractivity contribution in [1.29, 1.82) is 0 Å². The van der Waals surface area contributed by atoms with Crippen LogP contribution < -0.4 is 5.32 Å². The quantitative estimate of drug-likeness (QED) is 0.840. The van der Waals surface area contributed by atoms with Crippen LogP contribution in [0.3, 0.4) is 0 Å². The van der Waals surface area contributed by atoms with E-state index in [1.54, 1.807) is 0 Å². The number of ketones is 1. The molecule has 1 aliphatic carbocycles. The van der Waals surface area contributed by atoms with E-state index in [-0.39, 0.29) is 18.4 Å². The van der Waals surface area contributed by atoms with Gasteiger partial charge in [0.15, 0.2) is 0 Å². The largest absolute Gasteiger partial charge is 0.445 e. The Labute approximate surface area is 93.6 Å². The van der Waals surface area contributed by atoms with Gasteiger partial charge in [-0.3, -0.25) is 4.79 Å². The Morgan fingerprint density at radius 1 is 1.31 bits per heavy atom. The van der Waals surface area contributed by atoms with Crippen molar-refractivity contribution in [3.63, 3.8) is 0 Å². The van der Waals surface area contributed by atoms with Crippen LogP contribution in [-0.2, 0) is 16.1 Å². The molecule has 1 aromatic rings. The average molecular weight is 219 g/mol.